The summed E-state index contributed by atoms with van der Waals surface area (Å²) in [7, 11) is 0. The lowest BCUT2D eigenvalue weighted by Gasteiger charge is -2.15. The minimum absolute atomic E-state index is 0.231. The van der Waals surface area contributed by atoms with Crippen molar-refractivity contribution in [3.63, 3.8) is 0 Å². The molecular formula is C12H15Cl2N. The summed E-state index contributed by atoms with van der Waals surface area (Å²) < 4.78 is 0. The van der Waals surface area contributed by atoms with Crippen molar-refractivity contribution < 1.29 is 0 Å². The van der Waals surface area contributed by atoms with Gasteiger partial charge < -0.3 is 5.32 Å². The summed E-state index contributed by atoms with van der Waals surface area (Å²) in [5.41, 5.74) is 1.07. The van der Waals surface area contributed by atoms with Crippen LogP contribution in [0, 0.1) is 0 Å². The van der Waals surface area contributed by atoms with Crippen LogP contribution in [0.15, 0.2) is 30.9 Å². The van der Waals surface area contributed by atoms with E-state index >= 15 is 0 Å². The molecule has 0 aromatic heterocycles. The molecule has 0 aliphatic rings. The lowest BCUT2D eigenvalue weighted by molar-refractivity contribution is 0.581. The average Bonchev–Trinajstić information content (AvgIpc) is 2.17. The predicted molar refractivity (Wildman–Crippen MR) is 67.7 cm³/mol. The maximum Gasteiger partial charge on any atom is 0.0468 e. The van der Waals surface area contributed by atoms with Crippen LogP contribution in [0.25, 0.3) is 0 Å². The van der Waals surface area contributed by atoms with E-state index in [1.165, 1.54) is 0 Å². The highest BCUT2D eigenvalue weighted by molar-refractivity contribution is 6.35. The maximum absolute atomic E-state index is 6.09. The molecule has 1 aromatic carbocycles. The maximum atomic E-state index is 6.09. The van der Waals surface area contributed by atoms with Crippen LogP contribution in [0.1, 0.15) is 24.9 Å². The Balaban J connectivity index is 2.64. The topological polar surface area (TPSA) is 12.0 Å². The van der Waals surface area contributed by atoms with Crippen molar-refractivity contribution in [2.75, 3.05) is 6.54 Å². The Morgan fingerprint density at radius 2 is 2.20 bits per heavy atom. The molecule has 0 spiro atoms. The van der Waals surface area contributed by atoms with E-state index in [1.54, 1.807) is 6.07 Å². The van der Waals surface area contributed by atoms with E-state index in [2.05, 4.69) is 18.8 Å². The van der Waals surface area contributed by atoms with Crippen LogP contribution >= 0.6 is 23.2 Å². The fourth-order valence-electron chi connectivity index (χ4n) is 1.36. The molecular weight excluding hydrogens is 229 g/mol. The van der Waals surface area contributed by atoms with Gasteiger partial charge in [-0.2, -0.15) is 0 Å². The third-order valence-corrected chi connectivity index (χ3v) is 2.79. The second kappa shape index (κ2) is 6.16. The third-order valence-electron chi connectivity index (χ3n) is 2.23. The Hall–Kier alpha value is -0.500. The van der Waals surface area contributed by atoms with E-state index in [1.807, 2.05) is 18.2 Å². The molecule has 1 N–H and O–H groups in total. The van der Waals surface area contributed by atoms with Crippen molar-refractivity contribution in [1.29, 1.82) is 0 Å². The predicted octanol–water partition coefficient (Wildman–Crippen LogP) is 4.22. The van der Waals surface area contributed by atoms with Crippen LogP contribution in [-0.2, 0) is 0 Å². The SMILES string of the molecule is C=CCCNC(C)c1ccc(Cl)cc1Cl. The molecule has 82 valence electrons. The number of hydrogen-bond acceptors (Lipinski definition) is 1. The van der Waals surface area contributed by atoms with Gasteiger partial charge in [0, 0.05) is 16.1 Å². The Morgan fingerprint density at radius 3 is 2.80 bits per heavy atom. The van der Waals surface area contributed by atoms with E-state index in [-0.39, 0.29) is 6.04 Å². The van der Waals surface area contributed by atoms with Gasteiger partial charge in [0.15, 0.2) is 0 Å². The minimum atomic E-state index is 0.231. The first-order valence-electron chi connectivity index (χ1n) is 4.94. The van der Waals surface area contributed by atoms with E-state index < -0.39 is 0 Å². The number of halogens is 2. The molecule has 0 saturated carbocycles. The van der Waals surface area contributed by atoms with E-state index in [0.29, 0.717) is 10.0 Å². The molecule has 0 heterocycles. The summed E-state index contributed by atoms with van der Waals surface area (Å²) in [6.07, 6.45) is 2.85. The Morgan fingerprint density at radius 1 is 1.47 bits per heavy atom. The highest BCUT2D eigenvalue weighted by atomic mass is 35.5. The third kappa shape index (κ3) is 3.86. The van der Waals surface area contributed by atoms with Crippen molar-refractivity contribution in [3.8, 4) is 0 Å². The largest absolute Gasteiger partial charge is 0.310 e. The highest BCUT2D eigenvalue weighted by Crippen LogP contribution is 2.25. The van der Waals surface area contributed by atoms with Crippen molar-refractivity contribution in [2.24, 2.45) is 0 Å². The summed E-state index contributed by atoms with van der Waals surface area (Å²) in [6, 6.07) is 5.81. The molecule has 0 aliphatic heterocycles. The summed E-state index contributed by atoms with van der Waals surface area (Å²) >= 11 is 11.9. The van der Waals surface area contributed by atoms with Gasteiger partial charge in [0.05, 0.1) is 0 Å². The van der Waals surface area contributed by atoms with Crippen molar-refractivity contribution in [1.82, 2.24) is 5.32 Å². The first-order chi connectivity index (χ1) is 7.15. The fourth-order valence-corrected chi connectivity index (χ4v) is 1.94. The van der Waals surface area contributed by atoms with Crippen LogP contribution in [0.4, 0.5) is 0 Å². The summed E-state index contributed by atoms with van der Waals surface area (Å²) in [5.74, 6) is 0. The van der Waals surface area contributed by atoms with Crippen molar-refractivity contribution in [3.05, 3.63) is 46.5 Å². The molecule has 1 aromatic rings. The van der Waals surface area contributed by atoms with Gasteiger partial charge in [0.1, 0.15) is 0 Å². The second-order valence-electron chi connectivity index (χ2n) is 3.42. The van der Waals surface area contributed by atoms with E-state index in [0.717, 1.165) is 18.5 Å². The molecule has 0 radical (unpaired) electrons. The number of hydrogen-bond donors (Lipinski definition) is 1. The van der Waals surface area contributed by atoms with Gasteiger partial charge in [0.25, 0.3) is 0 Å². The molecule has 1 nitrogen and oxygen atoms in total. The summed E-state index contributed by atoms with van der Waals surface area (Å²) in [5, 5.41) is 4.74. The van der Waals surface area contributed by atoms with Gasteiger partial charge in [-0.05, 0) is 37.6 Å². The first-order valence-corrected chi connectivity index (χ1v) is 5.70. The van der Waals surface area contributed by atoms with Gasteiger partial charge >= 0.3 is 0 Å². The minimum Gasteiger partial charge on any atom is -0.310 e. The number of rotatable bonds is 5. The molecule has 0 saturated heterocycles. The van der Waals surface area contributed by atoms with E-state index in [9.17, 15) is 0 Å². The normalized spacial score (nSPS) is 12.5. The molecule has 1 unspecified atom stereocenters. The Labute approximate surface area is 101 Å². The lowest BCUT2D eigenvalue weighted by Crippen LogP contribution is -2.19. The van der Waals surface area contributed by atoms with E-state index in [4.69, 9.17) is 23.2 Å². The lowest BCUT2D eigenvalue weighted by atomic mass is 10.1. The molecule has 3 heteroatoms. The Kier molecular flexibility index (Phi) is 5.16. The summed E-state index contributed by atoms with van der Waals surface area (Å²) in [6.45, 7) is 6.66. The molecule has 0 amide bonds. The number of nitrogens with one attached hydrogen (secondary N) is 1. The summed E-state index contributed by atoms with van der Waals surface area (Å²) in [4.78, 5) is 0. The standard InChI is InChI=1S/C12H15Cl2N/c1-3-4-7-15-9(2)11-6-5-10(13)8-12(11)14/h3,5-6,8-9,15H,1,4,7H2,2H3. The monoisotopic (exact) mass is 243 g/mol. The molecule has 0 bridgehead atoms. The van der Waals surface area contributed by atoms with Crippen molar-refractivity contribution >= 4 is 23.2 Å². The van der Waals surface area contributed by atoms with Crippen LogP contribution < -0.4 is 5.32 Å². The zero-order valence-corrected chi connectivity index (χ0v) is 10.3. The van der Waals surface area contributed by atoms with Crippen molar-refractivity contribution in [2.45, 2.75) is 19.4 Å². The quantitative estimate of drug-likeness (QED) is 0.604. The van der Waals surface area contributed by atoms with Gasteiger partial charge in [0.2, 0.25) is 0 Å². The van der Waals surface area contributed by atoms with Gasteiger partial charge in [-0.15, -0.1) is 6.58 Å². The first kappa shape index (κ1) is 12.6. The van der Waals surface area contributed by atoms with Crippen LogP contribution in [0.5, 0.6) is 0 Å². The highest BCUT2D eigenvalue weighted by Gasteiger charge is 2.08. The molecule has 0 fully saturated rings. The van der Waals surface area contributed by atoms with Gasteiger partial charge in [-0.25, -0.2) is 0 Å². The van der Waals surface area contributed by atoms with Gasteiger partial charge in [-0.1, -0.05) is 35.3 Å². The fraction of sp³-hybridized carbons (Fsp3) is 0.333. The van der Waals surface area contributed by atoms with Crippen LogP contribution in [-0.4, -0.2) is 6.54 Å². The van der Waals surface area contributed by atoms with Crippen LogP contribution in [0.2, 0.25) is 10.0 Å². The number of benzene rings is 1. The zero-order chi connectivity index (χ0) is 11.3. The smallest absolute Gasteiger partial charge is 0.0468 e. The van der Waals surface area contributed by atoms with Gasteiger partial charge in [-0.3, -0.25) is 0 Å². The average molecular weight is 244 g/mol. The molecule has 1 rings (SSSR count). The molecule has 15 heavy (non-hydrogen) atoms. The molecule has 0 aliphatic carbocycles. The zero-order valence-electron chi connectivity index (χ0n) is 8.76. The Bertz CT molecular complexity index is 336. The van der Waals surface area contributed by atoms with Crippen LogP contribution in [0.3, 0.4) is 0 Å². The second-order valence-corrected chi connectivity index (χ2v) is 4.26. The molecule has 1 atom stereocenters.